The first-order chi connectivity index (χ1) is 12.9. The van der Waals surface area contributed by atoms with Crippen LogP contribution in [0.5, 0.6) is 0 Å². The van der Waals surface area contributed by atoms with E-state index in [2.05, 4.69) is 10.3 Å². The first-order valence-corrected chi connectivity index (χ1v) is 9.20. The molecule has 0 saturated carbocycles. The number of amides is 2. The average Bonchev–Trinajstić information content (AvgIpc) is 3.13. The van der Waals surface area contributed by atoms with Crippen LogP contribution in [-0.4, -0.2) is 33.7 Å². The summed E-state index contributed by atoms with van der Waals surface area (Å²) in [6, 6.07) is 8.28. The van der Waals surface area contributed by atoms with Crippen LogP contribution in [-0.2, 0) is 16.1 Å². The topological polar surface area (TPSA) is 120 Å². The van der Waals surface area contributed by atoms with Crippen LogP contribution in [0.25, 0.3) is 10.9 Å². The SMILES string of the molecule is NC(=O)CNC(=O)CSc1nc2cc(Cl)ccc2c(=O)n1Cc1ccco1. The minimum atomic E-state index is -0.637. The summed E-state index contributed by atoms with van der Waals surface area (Å²) < 4.78 is 6.75. The molecule has 0 aliphatic carbocycles. The molecule has 0 unspecified atom stereocenters. The quantitative estimate of drug-likeness (QED) is 0.451. The molecule has 3 rings (SSSR count). The van der Waals surface area contributed by atoms with Crippen LogP contribution in [0.15, 0.2) is 51.0 Å². The number of halogens is 1. The molecule has 27 heavy (non-hydrogen) atoms. The van der Waals surface area contributed by atoms with Crippen LogP contribution in [0.1, 0.15) is 5.76 Å². The van der Waals surface area contributed by atoms with Gasteiger partial charge in [0.05, 0.1) is 36.0 Å². The molecule has 3 N–H and O–H groups in total. The monoisotopic (exact) mass is 406 g/mol. The van der Waals surface area contributed by atoms with Gasteiger partial charge in [-0.05, 0) is 30.3 Å². The van der Waals surface area contributed by atoms with E-state index in [0.717, 1.165) is 11.8 Å². The van der Waals surface area contributed by atoms with Crippen molar-refractivity contribution in [3.05, 3.63) is 57.7 Å². The second-order valence-electron chi connectivity index (χ2n) is 5.56. The zero-order valence-electron chi connectivity index (χ0n) is 14.0. The molecule has 0 radical (unpaired) electrons. The summed E-state index contributed by atoms with van der Waals surface area (Å²) in [5.74, 6) is -0.498. The van der Waals surface area contributed by atoms with Crippen molar-refractivity contribution >= 4 is 46.1 Å². The van der Waals surface area contributed by atoms with Gasteiger partial charge in [0.15, 0.2) is 5.16 Å². The third-order valence-corrected chi connectivity index (χ3v) is 4.78. The fraction of sp³-hybridized carbons (Fsp3) is 0.176. The highest BCUT2D eigenvalue weighted by Gasteiger charge is 2.15. The molecule has 0 atom stereocenters. The van der Waals surface area contributed by atoms with E-state index in [4.69, 9.17) is 21.8 Å². The van der Waals surface area contributed by atoms with Crippen molar-refractivity contribution < 1.29 is 14.0 Å². The molecule has 0 spiro atoms. The predicted octanol–water partition coefficient (Wildman–Crippen LogP) is 1.38. The molecule has 140 valence electrons. The number of nitrogens with two attached hydrogens (primary N) is 1. The zero-order chi connectivity index (χ0) is 19.4. The summed E-state index contributed by atoms with van der Waals surface area (Å²) in [5, 5.41) is 3.59. The van der Waals surface area contributed by atoms with Crippen molar-refractivity contribution in [3.8, 4) is 0 Å². The van der Waals surface area contributed by atoms with Gasteiger partial charge in [-0.25, -0.2) is 4.98 Å². The number of thioether (sulfide) groups is 1. The highest BCUT2D eigenvalue weighted by molar-refractivity contribution is 7.99. The Balaban J connectivity index is 1.94. The van der Waals surface area contributed by atoms with Crippen LogP contribution < -0.4 is 16.6 Å². The number of rotatable bonds is 7. The van der Waals surface area contributed by atoms with Crippen molar-refractivity contribution in [3.63, 3.8) is 0 Å². The third kappa shape index (κ3) is 4.69. The third-order valence-electron chi connectivity index (χ3n) is 3.57. The predicted molar refractivity (Wildman–Crippen MR) is 102 cm³/mol. The van der Waals surface area contributed by atoms with Gasteiger partial charge in [-0.2, -0.15) is 0 Å². The standard InChI is InChI=1S/C17H15ClN4O4S/c18-10-3-4-12-13(6-10)21-17(27-9-15(24)20-7-14(19)23)22(16(12)25)8-11-2-1-5-26-11/h1-6H,7-9H2,(H2,19,23)(H,20,24). The van der Waals surface area contributed by atoms with E-state index in [1.165, 1.54) is 10.8 Å². The number of nitrogens with one attached hydrogen (secondary N) is 1. The summed E-state index contributed by atoms with van der Waals surface area (Å²) in [5.41, 5.74) is 5.17. The molecular formula is C17H15ClN4O4S. The van der Waals surface area contributed by atoms with E-state index in [1.807, 2.05) is 0 Å². The van der Waals surface area contributed by atoms with Crippen LogP contribution in [0.3, 0.4) is 0 Å². The summed E-state index contributed by atoms with van der Waals surface area (Å²) >= 11 is 7.06. The van der Waals surface area contributed by atoms with E-state index in [-0.39, 0.29) is 24.4 Å². The molecular weight excluding hydrogens is 392 g/mol. The Hall–Kier alpha value is -2.78. The Morgan fingerprint density at radius 3 is 2.85 bits per heavy atom. The van der Waals surface area contributed by atoms with Gasteiger partial charge in [0.1, 0.15) is 5.76 Å². The molecule has 1 aromatic carbocycles. The number of benzene rings is 1. The molecule has 8 nitrogen and oxygen atoms in total. The van der Waals surface area contributed by atoms with Gasteiger partial charge in [0.25, 0.3) is 5.56 Å². The van der Waals surface area contributed by atoms with Crippen molar-refractivity contribution in [2.45, 2.75) is 11.7 Å². The van der Waals surface area contributed by atoms with Crippen LogP contribution in [0.2, 0.25) is 5.02 Å². The lowest BCUT2D eigenvalue weighted by molar-refractivity contribution is -0.123. The van der Waals surface area contributed by atoms with Crippen molar-refractivity contribution in [1.29, 1.82) is 0 Å². The normalized spacial score (nSPS) is 10.9. The number of carbonyl (C=O) groups excluding carboxylic acids is 2. The summed E-state index contributed by atoms with van der Waals surface area (Å²) in [6.07, 6.45) is 1.51. The average molecular weight is 407 g/mol. The maximum absolute atomic E-state index is 12.9. The molecule has 0 bridgehead atoms. The molecule has 0 fully saturated rings. The van der Waals surface area contributed by atoms with E-state index in [1.54, 1.807) is 30.3 Å². The van der Waals surface area contributed by atoms with Gasteiger partial charge < -0.3 is 15.5 Å². The molecule has 0 aliphatic heterocycles. The number of carbonyl (C=O) groups is 2. The zero-order valence-corrected chi connectivity index (χ0v) is 15.5. The lowest BCUT2D eigenvalue weighted by atomic mass is 10.2. The molecule has 2 amide bonds. The fourth-order valence-electron chi connectivity index (χ4n) is 2.35. The Morgan fingerprint density at radius 1 is 1.33 bits per heavy atom. The number of aromatic nitrogens is 2. The van der Waals surface area contributed by atoms with Crippen LogP contribution in [0.4, 0.5) is 0 Å². The van der Waals surface area contributed by atoms with Gasteiger partial charge >= 0.3 is 0 Å². The van der Waals surface area contributed by atoms with Gasteiger partial charge in [-0.3, -0.25) is 19.0 Å². The molecule has 0 saturated heterocycles. The van der Waals surface area contributed by atoms with Gasteiger partial charge in [-0.15, -0.1) is 0 Å². The van der Waals surface area contributed by atoms with E-state index < -0.39 is 11.8 Å². The Labute approximate surface area is 162 Å². The summed E-state index contributed by atoms with van der Waals surface area (Å²) in [4.78, 5) is 40.0. The van der Waals surface area contributed by atoms with Crippen molar-refractivity contribution in [2.24, 2.45) is 5.73 Å². The smallest absolute Gasteiger partial charge is 0.262 e. The fourth-order valence-corrected chi connectivity index (χ4v) is 3.34. The number of hydrogen-bond donors (Lipinski definition) is 2. The minimum absolute atomic E-state index is 0.0378. The largest absolute Gasteiger partial charge is 0.467 e. The van der Waals surface area contributed by atoms with E-state index in [9.17, 15) is 14.4 Å². The van der Waals surface area contributed by atoms with Gasteiger partial charge in [0, 0.05) is 5.02 Å². The first-order valence-electron chi connectivity index (χ1n) is 7.84. The molecule has 0 aliphatic rings. The minimum Gasteiger partial charge on any atom is -0.467 e. The number of primary amides is 1. The molecule has 10 heteroatoms. The molecule has 2 heterocycles. The summed E-state index contributed by atoms with van der Waals surface area (Å²) in [7, 11) is 0. The Kier molecular flexibility index (Phi) is 5.82. The van der Waals surface area contributed by atoms with Crippen molar-refractivity contribution in [1.82, 2.24) is 14.9 Å². The summed E-state index contributed by atoms with van der Waals surface area (Å²) in [6.45, 7) is -0.0814. The highest BCUT2D eigenvalue weighted by Crippen LogP contribution is 2.21. The maximum Gasteiger partial charge on any atom is 0.262 e. The molecule has 3 aromatic rings. The lowest BCUT2D eigenvalue weighted by Crippen LogP contribution is -2.34. The second kappa shape index (κ2) is 8.28. The number of furan rings is 1. The number of nitrogens with zero attached hydrogens (tertiary/aromatic N) is 2. The second-order valence-corrected chi connectivity index (χ2v) is 6.94. The van der Waals surface area contributed by atoms with Crippen LogP contribution in [0, 0.1) is 0 Å². The Morgan fingerprint density at radius 2 is 2.15 bits per heavy atom. The van der Waals surface area contributed by atoms with E-state index in [0.29, 0.717) is 26.8 Å². The lowest BCUT2D eigenvalue weighted by Gasteiger charge is -2.12. The first kappa shape index (κ1) is 19.0. The number of hydrogen-bond acceptors (Lipinski definition) is 6. The van der Waals surface area contributed by atoms with Gasteiger partial charge in [-0.1, -0.05) is 23.4 Å². The van der Waals surface area contributed by atoms with Crippen LogP contribution >= 0.6 is 23.4 Å². The number of fused-ring (bicyclic) bond motifs is 1. The van der Waals surface area contributed by atoms with Gasteiger partial charge in [0.2, 0.25) is 11.8 Å². The molecule has 2 aromatic heterocycles. The van der Waals surface area contributed by atoms with E-state index >= 15 is 0 Å². The maximum atomic E-state index is 12.9. The Bertz CT molecular complexity index is 1050. The van der Waals surface area contributed by atoms with Crippen molar-refractivity contribution in [2.75, 3.05) is 12.3 Å². The highest BCUT2D eigenvalue weighted by atomic mass is 35.5.